The SMILES string of the molecule is CCN(CC)c1ccc(N2CC=C[C@]34O[C@@]5(C)/C=C\CCCCOC(=O)[C@H]5[C@H]3C(=O)N([C@@H](CO)CC(C)C)C4C2=O)cc1. The van der Waals surface area contributed by atoms with Crippen molar-refractivity contribution in [1.82, 2.24) is 4.90 Å². The van der Waals surface area contributed by atoms with Gasteiger partial charge >= 0.3 is 5.97 Å². The van der Waals surface area contributed by atoms with E-state index >= 15 is 0 Å². The van der Waals surface area contributed by atoms with Crippen molar-refractivity contribution in [2.24, 2.45) is 17.8 Å². The number of nitrogens with zero attached hydrogens (tertiary/aromatic N) is 3. The molecule has 0 aliphatic carbocycles. The highest BCUT2D eigenvalue weighted by Crippen LogP contribution is 2.57. The number of likely N-dealkylation sites (tertiary alicyclic amines) is 1. The van der Waals surface area contributed by atoms with Gasteiger partial charge in [-0.1, -0.05) is 38.2 Å². The van der Waals surface area contributed by atoms with E-state index in [-0.39, 0.29) is 37.5 Å². The van der Waals surface area contributed by atoms with Crippen molar-refractivity contribution in [3.8, 4) is 0 Å². The van der Waals surface area contributed by atoms with E-state index in [9.17, 15) is 19.5 Å². The van der Waals surface area contributed by atoms with Gasteiger partial charge in [-0.25, -0.2) is 0 Å². The number of benzene rings is 1. The molecular weight excluding hydrogens is 546 g/mol. The Morgan fingerprint density at radius 2 is 1.72 bits per heavy atom. The van der Waals surface area contributed by atoms with Crippen molar-refractivity contribution in [2.75, 3.05) is 42.6 Å². The minimum atomic E-state index is -1.40. The third-order valence-electron chi connectivity index (χ3n) is 9.58. The number of carbonyl (C=O) groups excluding carboxylic acids is 3. The number of fused-ring (bicyclic) bond motifs is 2. The van der Waals surface area contributed by atoms with Crippen molar-refractivity contribution in [3.05, 3.63) is 48.6 Å². The van der Waals surface area contributed by atoms with Gasteiger partial charge in [-0.15, -0.1) is 0 Å². The van der Waals surface area contributed by atoms with Crippen LogP contribution >= 0.6 is 0 Å². The molecular formula is C34H47N3O6. The third-order valence-corrected chi connectivity index (χ3v) is 9.58. The molecule has 1 unspecified atom stereocenters. The highest BCUT2D eigenvalue weighted by atomic mass is 16.6. The van der Waals surface area contributed by atoms with Gasteiger partial charge in [-0.2, -0.15) is 0 Å². The zero-order valence-electron chi connectivity index (χ0n) is 26.2. The largest absolute Gasteiger partial charge is 0.465 e. The standard InChI is InChI=1S/C34H47N3O6/c1-6-35(7-2)24-13-15-25(16-14-24)36-19-12-18-34-27(28-32(41)42-20-11-9-8-10-17-33(28,5)43-34)30(39)37(29(34)31(36)40)26(22-38)21-23(3)4/h10,12-18,23,26-29,38H,6-9,11,19-22H2,1-5H3/b17-10-/t26-,27+,28-,29?,33+,34+/m1/s1. The number of carbonyl (C=O) groups is 3. The molecule has 0 bridgehead atoms. The highest BCUT2D eigenvalue weighted by Gasteiger charge is 2.75. The Morgan fingerprint density at radius 1 is 1.00 bits per heavy atom. The summed E-state index contributed by atoms with van der Waals surface area (Å²) in [5.41, 5.74) is -0.758. The van der Waals surface area contributed by atoms with Gasteiger partial charge in [0.2, 0.25) is 5.91 Å². The normalized spacial score (nSPS) is 32.2. The van der Waals surface area contributed by atoms with E-state index in [2.05, 4.69) is 18.7 Å². The first-order valence-electron chi connectivity index (χ1n) is 15.9. The number of aliphatic hydroxyl groups excluding tert-OH is 1. The molecule has 0 aromatic heterocycles. The number of allylic oxidation sites excluding steroid dienone is 1. The van der Waals surface area contributed by atoms with Crippen LogP contribution in [0.4, 0.5) is 11.4 Å². The van der Waals surface area contributed by atoms with Crippen LogP contribution in [0.5, 0.6) is 0 Å². The van der Waals surface area contributed by atoms with Crippen LogP contribution in [0.25, 0.3) is 0 Å². The average Bonchev–Trinajstić information content (AvgIpc) is 3.32. The molecule has 1 aromatic rings. The van der Waals surface area contributed by atoms with Gasteiger partial charge in [0.1, 0.15) is 17.6 Å². The van der Waals surface area contributed by atoms with Crippen molar-refractivity contribution in [1.29, 1.82) is 0 Å². The third kappa shape index (κ3) is 5.39. The molecule has 0 saturated carbocycles. The van der Waals surface area contributed by atoms with Crippen LogP contribution in [0, 0.1) is 17.8 Å². The Hall–Kier alpha value is -3.17. The number of rotatable bonds is 8. The predicted molar refractivity (Wildman–Crippen MR) is 166 cm³/mol. The number of amides is 2. The van der Waals surface area contributed by atoms with Crippen LogP contribution in [0.15, 0.2) is 48.6 Å². The van der Waals surface area contributed by atoms with Crippen LogP contribution in [-0.4, -0.2) is 83.9 Å². The maximum Gasteiger partial charge on any atom is 0.313 e. The summed E-state index contributed by atoms with van der Waals surface area (Å²) in [6.07, 6.45) is 10.5. The maximum absolute atomic E-state index is 14.8. The molecule has 4 aliphatic rings. The lowest BCUT2D eigenvalue weighted by Crippen LogP contribution is -2.59. The van der Waals surface area contributed by atoms with Gasteiger partial charge in [0, 0.05) is 31.0 Å². The van der Waals surface area contributed by atoms with Crippen LogP contribution < -0.4 is 9.80 Å². The molecule has 234 valence electrons. The molecule has 4 aliphatic heterocycles. The van der Waals surface area contributed by atoms with Gasteiger partial charge in [0.15, 0.2) is 0 Å². The molecule has 6 atom stereocenters. The fourth-order valence-electron chi connectivity index (χ4n) is 7.61. The van der Waals surface area contributed by atoms with Crippen molar-refractivity contribution >= 4 is 29.2 Å². The summed E-state index contributed by atoms with van der Waals surface area (Å²) in [5.74, 6) is -2.86. The predicted octanol–water partition coefficient (Wildman–Crippen LogP) is 4.10. The zero-order chi connectivity index (χ0) is 30.9. The summed E-state index contributed by atoms with van der Waals surface area (Å²) in [4.78, 5) is 48.6. The lowest BCUT2D eigenvalue weighted by molar-refractivity contribution is -0.160. The Morgan fingerprint density at radius 3 is 2.37 bits per heavy atom. The lowest BCUT2D eigenvalue weighted by atomic mass is 9.74. The monoisotopic (exact) mass is 593 g/mol. The molecule has 4 heterocycles. The topological polar surface area (TPSA) is 99.6 Å². The number of anilines is 2. The van der Waals surface area contributed by atoms with E-state index in [0.29, 0.717) is 12.1 Å². The molecule has 2 saturated heterocycles. The van der Waals surface area contributed by atoms with Crippen LogP contribution in [0.3, 0.4) is 0 Å². The fourth-order valence-corrected chi connectivity index (χ4v) is 7.61. The van der Waals surface area contributed by atoms with Crippen molar-refractivity contribution in [3.63, 3.8) is 0 Å². The average molecular weight is 594 g/mol. The van der Waals surface area contributed by atoms with Crippen molar-refractivity contribution in [2.45, 2.75) is 83.6 Å². The van der Waals surface area contributed by atoms with E-state index in [1.807, 2.05) is 69.3 Å². The first-order valence-corrected chi connectivity index (χ1v) is 15.9. The van der Waals surface area contributed by atoms with Gasteiger partial charge in [-0.3, -0.25) is 14.4 Å². The molecule has 9 heteroatoms. The molecule has 2 fully saturated rings. The van der Waals surface area contributed by atoms with Gasteiger partial charge in [0.05, 0.1) is 30.8 Å². The van der Waals surface area contributed by atoms with Crippen LogP contribution in [0.1, 0.15) is 60.3 Å². The van der Waals surface area contributed by atoms with E-state index in [0.717, 1.165) is 38.0 Å². The minimum absolute atomic E-state index is 0.161. The first-order chi connectivity index (χ1) is 20.6. The summed E-state index contributed by atoms with van der Waals surface area (Å²) in [6.45, 7) is 12.1. The Kier molecular flexibility index (Phi) is 9.05. The second-order valence-corrected chi connectivity index (χ2v) is 12.8. The maximum atomic E-state index is 14.8. The molecule has 1 aromatic carbocycles. The van der Waals surface area contributed by atoms with E-state index in [1.54, 1.807) is 4.90 Å². The molecule has 2 amide bonds. The summed E-state index contributed by atoms with van der Waals surface area (Å²) in [5, 5.41) is 10.6. The molecule has 43 heavy (non-hydrogen) atoms. The number of esters is 1. The zero-order valence-corrected chi connectivity index (χ0v) is 26.2. The molecule has 5 rings (SSSR count). The molecule has 1 spiro atoms. The number of hydrogen-bond donors (Lipinski definition) is 1. The molecule has 0 radical (unpaired) electrons. The highest BCUT2D eigenvalue weighted by molar-refractivity contribution is 6.05. The van der Waals surface area contributed by atoms with Crippen LogP contribution in [-0.2, 0) is 23.9 Å². The Bertz CT molecular complexity index is 1260. The van der Waals surface area contributed by atoms with Crippen LogP contribution in [0.2, 0.25) is 0 Å². The Balaban J connectivity index is 1.62. The second-order valence-electron chi connectivity index (χ2n) is 12.8. The number of ether oxygens (including phenoxy) is 2. The number of cyclic esters (lactones) is 1. The quantitative estimate of drug-likeness (QED) is 0.358. The summed E-state index contributed by atoms with van der Waals surface area (Å²) in [7, 11) is 0. The molecule has 9 nitrogen and oxygen atoms in total. The summed E-state index contributed by atoms with van der Waals surface area (Å²) in [6, 6.07) is 6.23. The van der Waals surface area contributed by atoms with E-state index < -0.39 is 41.1 Å². The minimum Gasteiger partial charge on any atom is -0.465 e. The number of hydrogen-bond acceptors (Lipinski definition) is 7. The smallest absolute Gasteiger partial charge is 0.313 e. The summed E-state index contributed by atoms with van der Waals surface area (Å²) >= 11 is 0. The number of aliphatic hydroxyl groups is 1. The Labute approximate surface area is 255 Å². The second kappa shape index (κ2) is 12.4. The van der Waals surface area contributed by atoms with Gasteiger partial charge in [0.25, 0.3) is 5.91 Å². The summed E-state index contributed by atoms with van der Waals surface area (Å²) < 4.78 is 12.6. The molecule has 1 N–H and O–H groups in total. The van der Waals surface area contributed by atoms with E-state index in [1.165, 1.54) is 4.90 Å². The van der Waals surface area contributed by atoms with Crippen molar-refractivity contribution < 1.29 is 29.0 Å². The first kappa shape index (κ1) is 31.3. The fraction of sp³-hybridized carbons (Fsp3) is 0.618. The van der Waals surface area contributed by atoms with E-state index in [4.69, 9.17) is 9.47 Å². The van der Waals surface area contributed by atoms with Gasteiger partial charge in [-0.05, 0) is 76.6 Å². The van der Waals surface area contributed by atoms with Gasteiger partial charge < -0.3 is 29.3 Å². The lowest BCUT2D eigenvalue weighted by Gasteiger charge is -2.40.